The van der Waals surface area contributed by atoms with Crippen molar-refractivity contribution in [2.75, 3.05) is 11.9 Å². The molecule has 0 unspecified atom stereocenters. The lowest BCUT2D eigenvalue weighted by atomic mass is 9.95. The lowest BCUT2D eigenvalue weighted by Gasteiger charge is -2.30. The first-order valence-electron chi connectivity index (χ1n) is 8.37. The zero-order valence-corrected chi connectivity index (χ0v) is 14.5. The zero-order chi connectivity index (χ0) is 16.9. The quantitative estimate of drug-likeness (QED) is 0.791. The Balaban J connectivity index is 1.84. The van der Waals surface area contributed by atoms with E-state index in [9.17, 15) is 0 Å². The molecule has 0 saturated heterocycles. The van der Waals surface area contributed by atoms with Crippen LogP contribution >= 0.6 is 0 Å². The Labute approximate surface area is 140 Å². The minimum atomic E-state index is -0.191. The Bertz CT molecular complexity index is 914. The third kappa shape index (κ3) is 2.60. The first-order chi connectivity index (χ1) is 11.4. The Morgan fingerprint density at radius 1 is 1.29 bits per heavy atom. The van der Waals surface area contributed by atoms with Gasteiger partial charge in [0.25, 0.3) is 0 Å². The number of nitrogens with zero attached hydrogens (tertiary/aromatic N) is 3. The molecule has 3 aromatic rings. The van der Waals surface area contributed by atoms with Gasteiger partial charge in [0.1, 0.15) is 11.8 Å². The molecule has 0 bridgehead atoms. The number of anilines is 1. The molecule has 0 spiro atoms. The molecule has 0 radical (unpaired) electrons. The van der Waals surface area contributed by atoms with E-state index in [2.05, 4.69) is 49.0 Å². The molecule has 1 aliphatic rings. The maximum absolute atomic E-state index is 6.01. The Kier molecular flexibility index (Phi) is 3.46. The molecule has 0 aromatic carbocycles. The molecule has 0 amide bonds. The highest BCUT2D eigenvalue weighted by molar-refractivity contribution is 6.04. The molecule has 0 saturated carbocycles. The van der Waals surface area contributed by atoms with Gasteiger partial charge >= 0.3 is 0 Å². The highest BCUT2D eigenvalue weighted by Crippen LogP contribution is 2.34. The summed E-state index contributed by atoms with van der Waals surface area (Å²) in [5.41, 5.74) is 4.05. The summed E-state index contributed by atoms with van der Waals surface area (Å²) in [6.45, 7) is 9.87. The summed E-state index contributed by atoms with van der Waals surface area (Å²) in [6, 6.07) is 2.10. The summed E-state index contributed by atoms with van der Waals surface area (Å²) in [5.74, 6) is 1.24. The molecule has 1 aliphatic heterocycles. The number of fused-ring (bicyclic) bond motifs is 4. The lowest BCUT2D eigenvalue weighted by molar-refractivity contribution is -0.0411. The van der Waals surface area contributed by atoms with E-state index in [0.29, 0.717) is 23.8 Å². The van der Waals surface area contributed by atoms with Gasteiger partial charge in [0, 0.05) is 18.5 Å². The van der Waals surface area contributed by atoms with Crippen LogP contribution in [0.1, 0.15) is 39.0 Å². The maximum atomic E-state index is 6.01. The van der Waals surface area contributed by atoms with Crippen molar-refractivity contribution in [2.24, 2.45) is 5.92 Å². The predicted octanol–water partition coefficient (Wildman–Crippen LogP) is 3.69. The summed E-state index contributed by atoms with van der Waals surface area (Å²) in [7, 11) is 0. The zero-order valence-electron chi connectivity index (χ0n) is 14.5. The van der Waals surface area contributed by atoms with E-state index >= 15 is 0 Å². The fourth-order valence-electron chi connectivity index (χ4n) is 3.01. The van der Waals surface area contributed by atoms with Crippen molar-refractivity contribution in [1.82, 2.24) is 15.0 Å². The Morgan fingerprint density at radius 3 is 2.92 bits per heavy atom. The minimum Gasteiger partial charge on any atom is -0.432 e. The van der Waals surface area contributed by atoms with Crippen LogP contribution in [0.15, 0.2) is 16.8 Å². The van der Waals surface area contributed by atoms with E-state index in [-0.39, 0.29) is 5.60 Å². The summed E-state index contributed by atoms with van der Waals surface area (Å²) in [4.78, 5) is 13.5. The van der Waals surface area contributed by atoms with Crippen molar-refractivity contribution in [1.29, 1.82) is 0 Å². The van der Waals surface area contributed by atoms with Crippen LogP contribution in [0.3, 0.4) is 0 Å². The molecule has 3 aromatic heterocycles. The second kappa shape index (κ2) is 5.41. The lowest BCUT2D eigenvalue weighted by Crippen LogP contribution is -2.32. The third-order valence-electron chi connectivity index (χ3n) is 4.30. The third-order valence-corrected chi connectivity index (χ3v) is 4.30. The highest BCUT2D eigenvalue weighted by atomic mass is 16.5. The largest absolute Gasteiger partial charge is 0.432 e. The minimum absolute atomic E-state index is 0.191. The van der Waals surface area contributed by atoms with E-state index in [0.717, 1.165) is 40.9 Å². The average molecular weight is 326 g/mol. The molecule has 24 heavy (non-hydrogen) atoms. The molecular formula is C18H22N4O2. The highest BCUT2D eigenvalue weighted by Gasteiger charge is 2.28. The number of hydrogen-bond donors (Lipinski definition) is 1. The number of aromatic nitrogens is 3. The summed E-state index contributed by atoms with van der Waals surface area (Å²) < 4.78 is 11.9. The normalized spacial score (nSPS) is 16.7. The average Bonchev–Trinajstić information content (AvgIpc) is 2.88. The van der Waals surface area contributed by atoms with Gasteiger partial charge in [0.05, 0.1) is 23.3 Å². The van der Waals surface area contributed by atoms with Crippen molar-refractivity contribution in [3.05, 3.63) is 23.7 Å². The van der Waals surface area contributed by atoms with Crippen molar-refractivity contribution < 1.29 is 9.15 Å². The SMILES string of the molecule is CC(C)CNc1ncnc2c1oc1nc3c(cc12)COC(C)(C)C3. The van der Waals surface area contributed by atoms with Crippen molar-refractivity contribution in [3.63, 3.8) is 0 Å². The summed E-state index contributed by atoms with van der Waals surface area (Å²) in [5, 5.41) is 4.25. The number of pyridine rings is 1. The molecule has 6 heteroatoms. The number of furan rings is 1. The van der Waals surface area contributed by atoms with Gasteiger partial charge < -0.3 is 14.5 Å². The second-order valence-electron chi connectivity index (χ2n) is 7.45. The van der Waals surface area contributed by atoms with Gasteiger partial charge in [-0.05, 0) is 25.8 Å². The molecule has 4 heterocycles. The fraction of sp³-hybridized carbons (Fsp3) is 0.500. The van der Waals surface area contributed by atoms with E-state index in [4.69, 9.17) is 14.1 Å². The Morgan fingerprint density at radius 2 is 2.12 bits per heavy atom. The summed E-state index contributed by atoms with van der Waals surface area (Å²) in [6.07, 6.45) is 2.35. The van der Waals surface area contributed by atoms with Crippen LogP contribution in [0.2, 0.25) is 0 Å². The van der Waals surface area contributed by atoms with Gasteiger partial charge in [0.15, 0.2) is 11.4 Å². The van der Waals surface area contributed by atoms with Crippen LogP contribution in [0.4, 0.5) is 5.82 Å². The fourth-order valence-corrected chi connectivity index (χ4v) is 3.01. The molecule has 4 rings (SSSR count). The predicted molar refractivity (Wildman–Crippen MR) is 93.0 cm³/mol. The van der Waals surface area contributed by atoms with Crippen molar-refractivity contribution >= 4 is 28.0 Å². The standard InChI is InChI=1S/C18H22N4O2/c1-10(2)7-19-16-15-14(20-9-21-16)12-5-11-8-23-18(3,4)6-13(11)22-17(12)24-15/h5,9-10H,6-8H2,1-4H3,(H,19,20,21). The number of nitrogens with one attached hydrogen (secondary N) is 1. The number of hydrogen-bond acceptors (Lipinski definition) is 6. The van der Waals surface area contributed by atoms with Gasteiger partial charge in [0.2, 0.25) is 5.71 Å². The van der Waals surface area contributed by atoms with E-state index in [1.807, 2.05) is 0 Å². The topological polar surface area (TPSA) is 73.1 Å². The molecule has 0 fully saturated rings. The van der Waals surface area contributed by atoms with Gasteiger partial charge in [-0.25, -0.2) is 15.0 Å². The van der Waals surface area contributed by atoms with E-state index in [1.165, 1.54) is 0 Å². The molecule has 1 N–H and O–H groups in total. The molecule has 0 aliphatic carbocycles. The van der Waals surface area contributed by atoms with Crippen LogP contribution in [0.5, 0.6) is 0 Å². The monoisotopic (exact) mass is 326 g/mol. The van der Waals surface area contributed by atoms with Gasteiger partial charge in [-0.2, -0.15) is 0 Å². The van der Waals surface area contributed by atoms with Crippen LogP contribution in [-0.4, -0.2) is 27.1 Å². The molecule has 126 valence electrons. The smallest absolute Gasteiger partial charge is 0.229 e. The van der Waals surface area contributed by atoms with E-state index in [1.54, 1.807) is 6.33 Å². The van der Waals surface area contributed by atoms with Crippen LogP contribution in [-0.2, 0) is 17.8 Å². The molecular weight excluding hydrogens is 304 g/mol. The Hall–Kier alpha value is -2.21. The first-order valence-corrected chi connectivity index (χ1v) is 8.37. The van der Waals surface area contributed by atoms with Crippen LogP contribution < -0.4 is 5.32 Å². The summed E-state index contributed by atoms with van der Waals surface area (Å²) >= 11 is 0. The van der Waals surface area contributed by atoms with Crippen molar-refractivity contribution in [2.45, 2.75) is 46.3 Å². The second-order valence-corrected chi connectivity index (χ2v) is 7.45. The van der Waals surface area contributed by atoms with Crippen LogP contribution in [0.25, 0.3) is 22.2 Å². The van der Waals surface area contributed by atoms with Crippen LogP contribution in [0, 0.1) is 5.92 Å². The van der Waals surface area contributed by atoms with Gasteiger partial charge in [-0.1, -0.05) is 13.8 Å². The molecule has 0 atom stereocenters. The van der Waals surface area contributed by atoms with Gasteiger partial charge in [-0.3, -0.25) is 0 Å². The molecule has 6 nitrogen and oxygen atoms in total. The van der Waals surface area contributed by atoms with Gasteiger partial charge in [-0.15, -0.1) is 0 Å². The number of rotatable bonds is 3. The maximum Gasteiger partial charge on any atom is 0.229 e. The number of ether oxygens (including phenoxy) is 1. The van der Waals surface area contributed by atoms with E-state index < -0.39 is 0 Å². The first kappa shape index (κ1) is 15.3. The van der Waals surface area contributed by atoms with Crippen molar-refractivity contribution in [3.8, 4) is 0 Å².